The molecule has 1 aromatic rings. The molecule has 5 nitrogen and oxygen atoms in total. The lowest BCUT2D eigenvalue weighted by atomic mass is 10.1. The summed E-state index contributed by atoms with van der Waals surface area (Å²) in [6.45, 7) is 3.32. The molecule has 1 aliphatic rings. The first kappa shape index (κ1) is 28.5. The minimum Gasteiger partial charge on any atom is -0.338 e. The zero-order chi connectivity index (χ0) is 24.4. The summed E-state index contributed by atoms with van der Waals surface area (Å²) in [6.07, 6.45) is 21.1. The number of hydrogen-bond acceptors (Lipinski definition) is 5. The van der Waals surface area contributed by atoms with Crippen LogP contribution < -0.4 is 5.32 Å². The van der Waals surface area contributed by atoms with Gasteiger partial charge in [-0.1, -0.05) is 99.7 Å². The molecule has 1 heterocycles. The average molecular weight is 511 g/mol. The molecule has 0 aromatic heterocycles. The van der Waals surface area contributed by atoms with E-state index in [-0.39, 0.29) is 5.97 Å². The number of nitrogens with one attached hydrogen (secondary N) is 1. The number of carbonyl (C=O) groups excluding carboxylic acids is 1. The van der Waals surface area contributed by atoms with E-state index in [1.165, 1.54) is 62.9 Å². The number of allylic oxidation sites excluding steroid dienone is 2. The molecule has 1 aromatic carbocycles. The summed E-state index contributed by atoms with van der Waals surface area (Å²) in [5.74, 6) is 0.215. The molecule has 0 saturated carbocycles. The number of hydroxylamine groups is 2. The molecule has 0 fully saturated rings. The maximum absolute atomic E-state index is 12.3. The van der Waals surface area contributed by atoms with Gasteiger partial charge in [-0.3, -0.25) is 0 Å². The fourth-order valence-electron chi connectivity index (χ4n) is 3.86. The Morgan fingerprint density at radius 3 is 2.21 bits per heavy atom. The van der Waals surface area contributed by atoms with Gasteiger partial charge < -0.3 is 10.2 Å². The molecular formula is C27H41Cl2N3O2. The second-order valence-electron chi connectivity index (χ2n) is 8.83. The second kappa shape index (κ2) is 17.7. The van der Waals surface area contributed by atoms with Gasteiger partial charge in [0.15, 0.2) is 0 Å². The number of nitrogens with zero attached hydrogens (tertiary/aromatic N) is 2. The molecule has 34 heavy (non-hydrogen) atoms. The van der Waals surface area contributed by atoms with Crippen molar-refractivity contribution in [3.05, 3.63) is 40.4 Å². The van der Waals surface area contributed by atoms with Crippen molar-refractivity contribution in [2.75, 3.05) is 18.4 Å². The van der Waals surface area contributed by atoms with Crippen LogP contribution in [0.5, 0.6) is 0 Å². The minimum absolute atomic E-state index is 0.237. The van der Waals surface area contributed by atoms with E-state index in [0.717, 1.165) is 25.7 Å². The molecule has 1 aliphatic heterocycles. The lowest BCUT2D eigenvalue weighted by Gasteiger charge is -2.20. The molecule has 0 saturated heterocycles. The van der Waals surface area contributed by atoms with Gasteiger partial charge in [-0.25, -0.2) is 9.79 Å². The van der Waals surface area contributed by atoms with Gasteiger partial charge in [0.2, 0.25) is 5.96 Å². The Kier molecular flexibility index (Phi) is 14.8. The van der Waals surface area contributed by atoms with Crippen LogP contribution in [0.2, 0.25) is 10.0 Å². The lowest BCUT2D eigenvalue weighted by molar-refractivity contribution is -0.171. The number of guanidine groups is 1. The highest BCUT2D eigenvalue weighted by Crippen LogP contribution is 2.30. The van der Waals surface area contributed by atoms with Crippen molar-refractivity contribution in [2.24, 2.45) is 4.99 Å². The van der Waals surface area contributed by atoms with Crippen LogP contribution in [0.15, 0.2) is 35.3 Å². The standard InChI is InChI=1S/C27H41Cl2N3O2/c1-2-3-4-5-6-7-8-9-10-11-12-13-14-15-16-20-25(33)34-32-22-21-30-27(32)31-26-23(28)18-17-19-24(26)29/h9-10,17-19H,2-8,11-16,20-22H2,1H3,(H,30,31)/b10-9-. The number of unbranched alkanes of at least 4 members (excludes halogenated alkanes) is 11. The van der Waals surface area contributed by atoms with Crippen molar-refractivity contribution in [3.8, 4) is 0 Å². The summed E-state index contributed by atoms with van der Waals surface area (Å²) in [5, 5.41) is 5.55. The van der Waals surface area contributed by atoms with Gasteiger partial charge in [-0.2, -0.15) is 5.06 Å². The first-order valence-electron chi connectivity index (χ1n) is 13.0. The quantitative estimate of drug-likeness (QED) is 0.168. The van der Waals surface area contributed by atoms with E-state index in [0.29, 0.717) is 41.2 Å². The molecule has 0 unspecified atom stereocenters. The molecule has 0 amide bonds. The Hall–Kier alpha value is -1.72. The molecular weight excluding hydrogens is 469 g/mol. The Morgan fingerprint density at radius 1 is 0.971 bits per heavy atom. The SMILES string of the molecule is CCCCCCCC/C=C\CCCCCCCC(=O)ON1CCN=C1Nc1c(Cl)cccc1Cl. The van der Waals surface area contributed by atoms with E-state index in [9.17, 15) is 4.79 Å². The van der Waals surface area contributed by atoms with Gasteiger partial charge in [-0.05, 0) is 44.2 Å². The van der Waals surface area contributed by atoms with E-state index < -0.39 is 0 Å². The van der Waals surface area contributed by atoms with Crippen molar-refractivity contribution in [1.29, 1.82) is 0 Å². The molecule has 190 valence electrons. The largest absolute Gasteiger partial charge is 0.338 e. The third-order valence-corrected chi connectivity index (χ3v) is 6.49. The average Bonchev–Trinajstić information content (AvgIpc) is 3.25. The first-order valence-corrected chi connectivity index (χ1v) is 13.8. The number of rotatable bonds is 17. The van der Waals surface area contributed by atoms with Crippen LogP contribution in [-0.4, -0.2) is 30.1 Å². The molecule has 7 heteroatoms. The topological polar surface area (TPSA) is 53.9 Å². The second-order valence-corrected chi connectivity index (χ2v) is 9.64. The number of carbonyl (C=O) groups is 1. The molecule has 0 radical (unpaired) electrons. The van der Waals surface area contributed by atoms with Crippen LogP contribution in [-0.2, 0) is 9.63 Å². The Balaban J connectivity index is 1.49. The summed E-state index contributed by atoms with van der Waals surface area (Å²) in [6, 6.07) is 5.26. The van der Waals surface area contributed by atoms with E-state index >= 15 is 0 Å². The number of halogens is 2. The molecule has 0 bridgehead atoms. The summed E-state index contributed by atoms with van der Waals surface area (Å²) >= 11 is 12.4. The van der Waals surface area contributed by atoms with Crippen LogP contribution in [0.3, 0.4) is 0 Å². The van der Waals surface area contributed by atoms with Gasteiger partial charge in [0.25, 0.3) is 0 Å². The third-order valence-electron chi connectivity index (χ3n) is 5.86. The number of benzene rings is 1. The van der Waals surface area contributed by atoms with Gasteiger partial charge >= 0.3 is 5.97 Å². The highest BCUT2D eigenvalue weighted by Gasteiger charge is 2.22. The lowest BCUT2D eigenvalue weighted by Crippen LogP contribution is -2.35. The van der Waals surface area contributed by atoms with Gasteiger partial charge in [0, 0.05) is 6.42 Å². The van der Waals surface area contributed by atoms with Crippen LogP contribution >= 0.6 is 23.2 Å². The van der Waals surface area contributed by atoms with E-state index in [2.05, 4.69) is 29.4 Å². The molecule has 0 atom stereocenters. The number of aliphatic imine (C=N–C) groups is 1. The van der Waals surface area contributed by atoms with Crippen molar-refractivity contribution < 1.29 is 9.63 Å². The number of hydrogen-bond donors (Lipinski definition) is 1. The number of anilines is 1. The fourth-order valence-corrected chi connectivity index (χ4v) is 4.35. The van der Waals surface area contributed by atoms with E-state index in [4.69, 9.17) is 28.0 Å². The van der Waals surface area contributed by atoms with E-state index in [1.807, 2.05) is 0 Å². The number of para-hydroxylation sites is 1. The van der Waals surface area contributed by atoms with Gasteiger partial charge in [0.1, 0.15) is 0 Å². The van der Waals surface area contributed by atoms with Crippen LogP contribution in [0.4, 0.5) is 5.69 Å². The smallest absolute Gasteiger partial charge is 0.332 e. The minimum atomic E-state index is -0.237. The highest BCUT2D eigenvalue weighted by molar-refractivity contribution is 6.39. The summed E-state index contributed by atoms with van der Waals surface area (Å²) in [7, 11) is 0. The van der Waals surface area contributed by atoms with Crippen molar-refractivity contribution >= 4 is 40.8 Å². The maximum atomic E-state index is 12.3. The molecule has 0 aliphatic carbocycles. The van der Waals surface area contributed by atoms with Crippen molar-refractivity contribution in [1.82, 2.24) is 5.06 Å². The van der Waals surface area contributed by atoms with Crippen LogP contribution in [0, 0.1) is 0 Å². The van der Waals surface area contributed by atoms with Crippen molar-refractivity contribution in [2.45, 2.75) is 96.8 Å². The third kappa shape index (κ3) is 11.6. The Bertz CT molecular complexity index is 763. The predicted octanol–water partition coefficient (Wildman–Crippen LogP) is 8.57. The maximum Gasteiger partial charge on any atom is 0.332 e. The summed E-state index contributed by atoms with van der Waals surface area (Å²) < 4.78 is 0. The first-order chi connectivity index (χ1) is 16.6. The molecule has 2 rings (SSSR count). The van der Waals surface area contributed by atoms with Gasteiger partial charge in [0.05, 0.1) is 28.8 Å². The summed E-state index contributed by atoms with van der Waals surface area (Å²) in [5.41, 5.74) is 0.560. The molecule has 0 spiro atoms. The normalized spacial score (nSPS) is 13.5. The van der Waals surface area contributed by atoms with Crippen LogP contribution in [0.25, 0.3) is 0 Å². The van der Waals surface area contributed by atoms with Gasteiger partial charge in [-0.15, -0.1) is 0 Å². The highest BCUT2D eigenvalue weighted by atomic mass is 35.5. The zero-order valence-electron chi connectivity index (χ0n) is 20.7. The van der Waals surface area contributed by atoms with Crippen LogP contribution in [0.1, 0.15) is 96.8 Å². The van der Waals surface area contributed by atoms with Crippen molar-refractivity contribution in [3.63, 3.8) is 0 Å². The Morgan fingerprint density at radius 2 is 1.56 bits per heavy atom. The Labute approximate surface area is 215 Å². The fraction of sp³-hybridized carbons (Fsp3) is 0.630. The van der Waals surface area contributed by atoms with E-state index in [1.54, 1.807) is 18.2 Å². The monoisotopic (exact) mass is 509 g/mol. The summed E-state index contributed by atoms with van der Waals surface area (Å²) in [4.78, 5) is 22.1. The molecule has 1 N–H and O–H groups in total. The predicted molar refractivity (Wildman–Crippen MR) is 145 cm³/mol. The zero-order valence-corrected chi connectivity index (χ0v) is 22.2.